The third-order valence-corrected chi connectivity index (χ3v) is 4.87. The number of furan rings is 1. The van der Waals surface area contributed by atoms with E-state index in [2.05, 4.69) is 4.98 Å². The highest BCUT2D eigenvalue weighted by molar-refractivity contribution is 6.35. The van der Waals surface area contributed by atoms with Crippen LogP contribution in [0.1, 0.15) is 0 Å². The van der Waals surface area contributed by atoms with E-state index < -0.39 is 5.82 Å². The molecule has 0 saturated heterocycles. The number of nitrogen functional groups attached to an aromatic ring is 2. The van der Waals surface area contributed by atoms with Gasteiger partial charge in [0.05, 0.1) is 10.4 Å². The normalized spacial score (nSPS) is 11.3. The van der Waals surface area contributed by atoms with Crippen molar-refractivity contribution in [2.24, 2.45) is 0 Å². The zero-order chi connectivity index (χ0) is 19.3. The Morgan fingerprint density at radius 1 is 0.926 bits per heavy atom. The summed E-state index contributed by atoms with van der Waals surface area (Å²) in [4.78, 5) is 4.48. The minimum atomic E-state index is -0.519. The fraction of sp³-hybridized carbons (Fsp3) is 0. The van der Waals surface area contributed by atoms with E-state index in [1.165, 1.54) is 12.1 Å². The average molecular weight is 423 g/mol. The summed E-state index contributed by atoms with van der Waals surface area (Å²) >= 11 is 18.1. The van der Waals surface area contributed by atoms with Gasteiger partial charge in [0.15, 0.2) is 5.58 Å². The van der Waals surface area contributed by atoms with Crippen molar-refractivity contribution in [3.63, 3.8) is 0 Å². The number of nitrogens with zero attached hydrogens (tertiary/aromatic N) is 1. The number of aromatic nitrogens is 1. The number of hydrogen-bond donors (Lipinski definition) is 2. The molecule has 4 N–H and O–H groups in total. The van der Waals surface area contributed by atoms with E-state index in [1.54, 1.807) is 30.5 Å². The van der Waals surface area contributed by atoms with Crippen LogP contribution in [0.25, 0.3) is 33.4 Å². The Kier molecular flexibility index (Phi) is 4.38. The SMILES string of the molecule is Nc1oc2c(-c3cc(Cl)cc(Cl)c3)ncc(-c3ccc(F)c(Cl)c3)c2c1N. The average Bonchev–Trinajstić information content (AvgIpc) is 2.91. The number of halogens is 4. The largest absolute Gasteiger partial charge is 0.436 e. The van der Waals surface area contributed by atoms with Gasteiger partial charge in [-0.25, -0.2) is 4.39 Å². The molecule has 0 fully saturated rings. The van der Waals surface area contributed by atoms with E-state index in [0.717, 1.165) is 0 Å². The van der Waals surface area contributed by atoms with Crippen LogP contribution >= 0.6 is 34.8 Å². The van der Waals surface area contributed by atoms with Crippen LogP contribution < -0.4 is 11.5 Å². The lowest BCUT2D eigenvalue weighted by Crippen LogP contribution is -1.92. The van der Waals surface area contributed by atoms with Crippen LogP contribution in [-0.2, 0) is 0 Å². The minimum absolute atomic E-state index is 0.0126. The number of benzene rings is 2. The van der Waals surface area contributed by atoms with Gasteiger partial charge in [-0.15, -0.1) is 0 Å². The predicted molar refractivity (Wildman–Crippen MR) is 109 cm³/mol. The molecule has 4 nitrogen and oxygen atoms in total. The summed E-state index contributed by atoms with van der Waals surface area (Å²) in [6.45, 7) is 0. The van der Waals surface area contributed by atoms with Gasteiger partial charge in [-0.2, -0.15) is 0 Å². The summed E-state index contributed by atoms with van der Waals surface area (Å²) in [7, 11) is 0. The summed E-state index contributed by atoms with van der Waals surface area (Å²) in [5.41, 5.74) is 15.1. The summed E-state index contributed by atoms with van der Waals surface area (Å²) in [5.74, 6) is -0.462. The molecule has 0 atom stereocenters. The van der Waals surface area contributed by atoms with Crippen LogP contribution in [0.15, 0.2) is 47.0 Å². The molecule has 0 radical (unpaired) electrons. The summed E-state index contributed by atoms with van der Waals surface area (Å²) < 4.78 is 19.2. The monoisotopic (exact) mass is 421 g/mol. The molecule has 2 aromatic carbocycles. The minimum Gasteiger partial charge on any atom is -0.436 e. The van der Waals surface area contributed by atoms with E-state index >= 15 is 0 Å². The van der Waals surface area contributed by atoms with Crippen molar-refractivity contribution in [1.82, 2.24) is 4.98 Å². The lowest BCUT2D eigenvalue weighted by molar-refractivity contribution is 0.628. The first kappa shape index (κ1) is 17.9. The van der Waals surface area contributed by atoms with Crippen molar-refractivity contribution in [2.75, 3.05) is 11.5 Å². The second kappa shape index (κ2) is 6.60. The molecule has 0 aliphatic rings. The number of pyridine rings is 1. The molecule has 0 bridgehead atoms. The molecule has 136 valence electrons. The Morgan fingerprint density at radius 3 is 2.30 bits per heavy atom. The van der Waals surface area contributed by atoms with E-state index in [0.29, 0.717) is 43.4 Å². The molecule has 8 heteroatoms. The molecule has 0 amide bonds. The second-order valence-corrected chi connectivity index (χ2v) is 7.17. The first-order valence-corrected chi connectivity index (χ1v) is 8.87. The Bertz CT molecular complexity index is 1190. The van der Waals surface area contributed by atoms with Crippen molar-refractivity contribution in [3.8, 4) is 22.4 Å². The molecule has 0 aliphatic carbocycles. The molecular weight excluding hydrogens is 412 g/mol. The van der Waals surface area contributed by atoms with Crippen LogP contribution in [0.2, 0.25) is 15.1 Å². The number of rotatable bonds is 2. The lowest BCUT2D eigenvalue weighted by atomic mass is 10.0. The molecule has 0 spiro atoms. The van der Waals surface area contributed by atoms with Crippen molar-refractivity contribution in [2.45, 2.75) is 0 Å². The molecule has 2 aromatic heterocycles. The zero-order valence-corrected chi connectivity index (χ0v) is 15.8. The standard InChI is InChI=1S/C19H11Cl3FN3O/c20-10-3-9(4-11(21)6-10)17-18-15(16(24)19(25)27-18)12(7-26-17)8-1-2-14(23)13(22)5-8/h1-7H,24-25H2. The molecule has 2 heterocycles. The van der Waals surface area contributed by atoms with Gasteiger partial charge < -0.3 is 15.9 Å². The molecule has 4 aromatic rings. The number of fused-ring (bicyclic) bond motifs is 1. The zero-order valence-electron chi connectivity index (χ0n) is 13.6. The maximum Gasteiger partial charge on any atom is 0.215 e. The van der Waals surface area contributed by atoms with Gasteiger partial charge in [-0.05, 0) is 35.9 Å². The third kappa shape index (κ3) is 3.08. The summed E-state index contributed by atoms with van der Waals surface area (Å²) in [5, 5.41) is 1.45. The van der Waals surface area contributed by atoms with Crippen molar-refractivity contribution in [1.29, 1.82) is 0 Å². The Labute approximate surface area is 168 Å². The number of hydrogen-bond acceptors (Lipinski definition) is 4. The quantitative estimate of drug-likeness (QED) is 0.390. The smallest absolute Gasteiger partial charge is 0.215 e. The van der Waals surface area contributed by atoms with Crippen molar-refractivity contribution in [3.05, 3.63) is 63.5 Å². The summed E-state index contributed by atoms with van der Waals surface area (Å²) in [6, 6.07) is 9.37. The lowest BCUT2D eigenvalue weighted by Gasteiger charge is -2.09. The Morgan fingerprint density at radius 2 is 1.63 bits per heavy atom. The Hall–Kier alpha value is -2.47. The molecule has 27 heavy (non-hydrogen) atoms. The highest BCUT2D eigenvalue weighted by atomic mass is 35.5. The molecule has 4 rings (SSSR count). The van der Waals surface area contributed by atoms with Gasteiger partial charge in [0.2, 0.25) is 5.88 Å². The molecule has 0 unspecified atom stereocenters. The molecule has 0 saturated carbocycles. The fourth-order valence-corrected chi connectivity index (χ4v) is 3.63. The van der Waals surface area contributed by atoms with Crippen molar-refractivity contribution < 1.29 is 8.81 Å². The third-order valence-electron chi connectivity index (χ3n) is 4.15. The maximum absolute atomic E-state index is 13.5. The van der Waals surface area contributed by atoms with Gasteiger partial charge in [0.25, 0.3) is 0 Å². The van der Waals surface area contributed by atoms with Crippen LogP contribution in [-0.4, -0.2) is 4.98 Å². The van der Waals surface area contributed by atoms with Crippen LogP contribution in [0.5, 0.6) is 0 Å². The second-order valence-electron chi connectivity index (χ2n) is 5.89. The Balaban J connectivity index is 2.03. The van der Waals surface area contributed by atoms with Crippen LogP contribution in [0.4, 0.5) is 16.0 Å². The first-order valence-electron chi connectivity index (χ1n) is 7.73. The predicted octanol–water partition coefficient (Wildman–Crippen LogP) is 6.43. The molecular formula is C19H11Cl3FN3O. The van der Waals surface area contributed by atoms with E-state index in [-0.39, 0.29) is 16.6 Å². The van der Waals surface area contributed by atoms with E-state index in [4.69, 9.17) is 50.7 Å². The van der Waals surface area contributed by atoms with Gasteiger partial charge >= 0.3 is 0 Å². The van der Waals surface area contributed by atoms with Crippen LogP contribution in [0, 0.1) is 5.82 Å². The maximum atomic E-state index is 13.5. The van der Waals surface area contributed by atoms with Crippen molar-refractivity contribution >= 4 is 57.3 Å². The number of nitrogens with two attached hydrogens (primary N) is 2. The van der Waals surface area contributed by atoms with Crippen LogP contribution in [0.3, 0.4) is 0 Å². The van der Waals surface area contributed by atoms with Gasteiger partial charge in [0, 0.05) is 27.4 Å². The van der Waals surface area contributed by atoms with E-state index in [9.17, 15) is 4.39 Å². The highest BCUT2D eigenvalue weighted by Gasteiger charge is 2.20. The van der Waals surface area contributed by atoms with E-state index in [1.807, 2.05) is 0 Å². The number of anilines is 2. The fourth-order valence-electron chi connectivity index (χ4n) is 2.93. The highest BCUT2D eigenvalue weighted by Crippen LogP contribution is 2.42. The van der Waals surface area contributed by atoms with Gasteiger partial charge in [-0.1, -0.05) is 40.9 Å². The molecule has 0 aliphatic heterocycles. The first-order chi connectivity index (χ1) is 12.8. The summed E-state index contributed by atoms with van der Waals surface area (Å²) in [6.07, 6.45) is 1.60. The van der Waals surface area contributed by atoms with Gasteiger partial charge in [0.1, 0.15) is 17.2 Å². The topological polar surface area (TPSA) is 78.1 Å². The van der Waals surface area contributed by atoms with Gasteiger partial charge in [-0.3, -0.25) is 4.98 Å².